The number of nitrogens with zero attached hydrogens (tertiary/aromatic N) is 3. The van der Waals surface area contributed by atoms with E-state index < -0.39 is 0 Å². The van der Waals surface area contributed by atoms with Crippen LogP contribution >= 0.6 is 0 Å². The Morgan fingerprint density at radius 3 is 2.45 bits per heavy atom. The average Bonchev–Trinajstić information content (AvgIpc) is 2.79. The van der Waals surface area contributed by atoms with Crippen molar-refractivity contribution in [2.75, 3.05) is 62.7 Å². The second-order valence-electron chi connectivity index (χ2n) is 10.5. The van der Waals surface area contributed by atoms with E-state index in [0.29, 0.717) is 5.41 Å². The molecular formula is C27H43N3O. The summed E-state index contributed by atoms with van der Waals surface area (Å²) in [5.74, 6) is 1.86. The first kappa shape index (κ1) is 22.5. The maximum Gasteiger partial charge on any atom is 0.144 e. The molecule has 4 rings (SSSR count). The van der Waals surface area contributed by atoms with Crippen molar-refractivity contribution in [2.24, 2.45) is 11.3 Å². The molecule has 1 atom stereocenters. The fraction of sp³-hybridized carbons (Fsp3) is 0.704. The monoisotopic (exact) mass is 425 g/mol. The second kappa shape index (κ2) is 9.44. The molecule has 1 aliphatic carbocycles. The number of hydrogen-bond donors (Lipinski definition) is 0. The van der Waals surface area contributed by atoms with E-state index in [1.54, 1.807) is 5.57 Å². The third kappa shape index (κ3) is 4.74. The SMILES string of the molecule is CCCN1CCN(c2cc3c(cc2C2=CCC(C(C)(C)CC)CC2)N(C)CCO3)CC1. The van der Waals surface area contributed by atoms with E-state index in [0.717, 1.165) is 51.0 Å². The van der Waals surface area contributed by atoms with Gasteiger partial charge in [-0.2, -0.15) is 0 Å². The van der Waals surface area contributed by atoms with Gasteiger partial charge in [0.25, 0.3) is 0 Å². The van der Waals surface area contributed by atoms with Crippen molar-refractivity contribution in [1.82, 2.24) is 4.90 Å². The summed E-state index contributed by atoms with van der Waals surface area (Å²) >= 11 is 0. The van der Waals surface area contributed by atoms with Gasteiger partial charge in [0.05, 0.1) is 12.2 Å². The quantitative estimate of drug-likeness (QED) is 0.585. The van der Waals surface area contributed by atoms with Crippen LogP contribution in [-0.2, 0) is 0 Å². The van der Waals surface area contributed by atoms with E-state index >= 15 is 0 Å². The molecule has 0 aromatic heterocycles. The van der Waals surface area contributed by atoms with E-state index in [4.69, 9.17) is 4.74 Å². The largest absolute Gasteiger partial charge is 0.489 e. The molecule has 0 spiro atoms. The molecule has 0 radical (unpaired) electrons. The minimum absolute atomic E-state index is 0.435. The number of likely N-dealkylation sites (N-methyl/N-ethyl adjacent to an activating group) is 1. The van der Waals surface area contributed by atoms with Crippen LogP contribution in [0, 0.1) is 11.3 Å². The fourth-order valence-electron chi connectivity index (χ4n) is 5.51. The molecule has 0 N–H and O–H groups in total. The summed E-state index contributed by atoms with van der Waals surface area (Å²) in [5, 5.41) is 0. The highest BCUT2D eigenvalue weighted by Crippen LogP contribution is 2.46. The highest BCUT2D eigenvalue weighted by molar-refractivity contribution is 5.83. The van der Waals surface area contributed by atoms with Crippen LogP contribution in [0.5, 0.6) is 5.75 Å². The Hall–Kier alpha value is -1.68. The Kier molecular flexibility index (Phi) is 6.86. The molecule has 1 aromatic carbocycles. The van der Waals surface area contributed by atoms with Crippen LogP contribution in [0.15, 0.2) is 18.2 Å². The number of piperazine rings is 1. The second-order valence-corrected chi connectivity index (χ2v) is 10.5. The lowest BCUT2D eigenvalue weighted by molar-refractivity contribution is 0.190. The minimum Gasteiger partial charge on any atom is -0.489 e. The van der Waals surface area contributed by atoms with Gasteiger partial charge < -0.3 is 14.5 Å². The smallest absolute Gasteiger partial charge is 0.144 e. The summed E-state index contributed by atoms with van der Waals surface area (Å²) in [6.07, 6.45) is 8.78. The topological polar surface area (TPSA) is 19.0 Å². The van der Waals surface area contributed by atoms with Crippen LogP contribution in [0.4, 0.5) is 11.4 Å². The summed E-state index contributed by atoms with van der Waals surface area (Å²) < 4.78 is 6.11. The lowest BCUT2D eigenvalue weighted by Crippen LogP contribution is -2.46. The normalized spacial score (nSPS) is 22.7. The summed E-state index contributed by atoms with van der Waals surface area (Å²) in [4.78, 5) is 7.58. The highest BCUT2D eigenvalue weighted by Gasteiger charge is 2.31. The van der Waals surface area contributed by atoms with E-state index in [1.807, 2.05) is 0 Å². The number of anilines is 2. The van der Waals surface area contributed by atoms with Crippen molar-refractivity contribution in [3.63, 3.8) is 0 Å². The molecule has 2 heterocycles. The summed E-state index contributed by atoms with van der Waals surface area (Å²) in [6, 6.07) is 4.78. The summed E-state index contributed by atoms with van der Waals surface area (Å²) in [6.45, 7) is 17.0. The first-order valence-corrected chi connectivity index (χ1v) is 12.6. The Bertz CT molecular complexity index is 792. The zero-order valence-electron chi connectivity index (χ0n) is 20.5. The summed E-state index contributed by atoms with van der Waals surface area (Å²) in [7, 11) is 2.20. The van der Waals surface area contributed by atoms with Gasteiger partial charge in [-0.25, -0.2) is 0 Å². The van der Waals surface area contributed by atoms with Crippen LogP contribution in [0.1, 0.15) is 65.4 Å². The standard InChI is InChI=1S/C27H43N3O/c1-6-12-29-13-15-30(16-14-29)24-20-26-25(28(5)17-18-31-26)19-23(24)21-8-10-22(11-9-21)27(3,4)7-2/h8,19-20,22H,6-7,9-18H2,1-5H3. The fourth-order valence-corrected chi connectivity index (χ4v) is 5.51. The van der Waals surface area contributed by atoms with Gasteiger partial charge in [-0.15, -0.1) is 0 Å². The maximum atomic E-state index is 6.11. The number of fused-ring (bicyclic) bond motifs is 1. The molecule has 31 heavy (non-hydrogen) atoms. The Balaban J connectivity index is 1.64. The van der Waals surface area contributed by atoms with Gasteiger partial charge >= 0.3 is 0 Å². The summed E-state index contributed by atoms with van der Waals surface area (Å²) in [5.41, 5.74) is 6.09. The van der Waals surface area contributed by atoms with Crippen LogP contribution in [0.2, 0.25) is 0 Å². The van der Waals surface area contributed by atoms with Crippen molar-refractivity contribution in [3.8, 4) is 5.75 Å². The van der Waals surface area contributed by atoms with E-state index in [-0.39, 0.29) is 0 Å². The number of ether oxygens (including phenoxy) is 1. The van der Waals surface area contributed by atoms with Crippen molar-refractivity contribution in [3.05, 3.63) is 23.8 Å². The Morgan fingerprint density at radius 2 is 1.81 bits per heavy atom. The van der Waals surface area contributed by atoms with Crippen molar-refractivity contribution in [2.45, 2.75) is 59.8 Å². The molecule has 1 unspecified atom stereocenters. The zero-order chi connectivity index (χ0) is 22.0. The van der Waals surface area contributed by atoms with Gasteiger partial charge in [0.15, 0.2) is 0 Å². The molecule has 1 fully saturated rings. The van der Waals surface area contributed by atoms with Gasteiger partial charge in [0.2, 0.25) is 0 Å². The molecule has 0 saturated carbocycles. The van der Waals surface area contributed by atoms with Gasteiger partial charge in [0, 0.05) is 50.5 Å². The van der Waals surface area contributed by atoms with Crippen LogP contribution < -0.4 is 14.5 Å². The number of rotatable bonds is 6. The lowest BCUT2D eigenvalue weighted by atomic mass is 9.69. The van der Waals surface area contributed by atoms with Crippen molar-refractivity contribution < 1.29 is 4.74 Å². The average molecular weight is 426 g/mol. The molecule has 4 heteroatoms. The predicted molar refractivity (Wildman–Crippen MR) is 134 cm³/mol. The molecule has 1 aromatic rings. The van der Waals surface area contributed by atoms with E-state index in [2.05, 4.69) is 67.7 Å². The first-order valence-electron chi connectivity index (χ1n) is 12.6. The van der Waals surface area contributed by atoms with Gasteiger partial charge in [-0.1, -0.05) is 40.2 Å². The molecular weight excluding hydrogens is 382 g/mol. The Labute approximate surface area is 190 Å². The lowest BCUT2D eigenvalue weighted by Gasteiger charge is -2.39. The minimum atomic E-state index is 0.435. The molecule has 2 aliphatic heterocycles. The number of allylic oxidation sites excluding steroid dienone is 2. The van der Waals surface area contributed by atoms with Gasteiger partial charge in [0.1, 0.15) is 12.4 Å². The molecule has 0 amide bonds. The predicted octanol–water partition coefficient (Wildman–Crippen LogP) is 5.67. The molecule has 1 saturated heterocycles. The van der Waals surface area contributed by atoms with Gasteiger partial charge in [-0.05, 0) is 55.2 Å². The van der Waals surface area contributed by atoms with Crippen LogP contribution in [-0.4, -0.2) is 57.8 Å². The third-order valence-corrected chi connectivity index (χ3v) is 8.20. The third-order valence-electron chi connectivity index (χ3n) is 8.20. The van der Waals surface area contributed by atoms with Crippen molar-refractivity contribution in [1.29, 1.82) is 0 Å². The zero-order valence-corrected chi connectivity index (χ0v) is 20.5. The molecule has 172 valence electrons. The van der Waals surface area contributed by atoms with Crippen molar-refractivity contribution >= 4 is 16.9 Å². The highest BCUT2D eigenvalue weighted by atomic mass is 16.5. The Morgan fingerprint density at radius 1 is 1.03 bits per heavy atom. The maximum absolute atomic E-state index is 6.11. The molecule has 3 aliphatic rings. The first-order chi connectivity index (χ1) is 14.9. The van der Waals surface area contributed by atoms with Crippen LogP contribution in [0.3, 0.4) is 0 Å². The van der Waals surface area contributed by atoms with E-state index in [1.165, 1.54) is 55.6 Å². The van der Waals surface area contributed by atoms with Gasteiger partial charge in [-0.3, -0.25) is 4.90 Å². The van der Waals surface area contributed by atoms with E-state index in [9.17, 15) is 0 Å². The molecule has 4 nitrogen and oxygen atoms in total. The molecule has 0 bridgehead atoms. The number of hydrogen-bond acceptors (Lipinski definition) is 4. The van der Waals surface area contributed by atoms with Crippen LogP contribution in [0.25, 0.3) is 5.57 Å². The number of benzene rings is 1.